The van der Waals surface area contributed by atoms with Gasteiger partial charge in [-0.2, -0.15) is 0 Å². The molecule has 1 aliphatic heterocycles. The quantitative estimate of drug-likeness (QED) is 0.451. The third-order valence-electron chi connectivity index (χ3n) is 6.59. The molecule has 1 aliphatic carbocycles. The monoisotopic (exact) mass is 521 g/mol. The maximum atomic E-state index is 13.8. The molecule has 36 heavy (non-hydrogen) atoms. The van der Waals surface area contributed by atoms with Gasteiger partial charge in [-0.25, -0.2) is 18.5 Å². The maximum Gasteiger partial charge on any atom is 0.267 e. The predicted octanol–water partition coefficient (Wildman–Crippen LogP) is 5.43. The molecule has 2 N–H and O–H groups in total. The highest BCUT2D eigenvalue weighted by atomic mass is 32.2. The lowest BCUT2D eigenvalue weighted by molar-refractivity contribution is -0.124. The molecule has 9 heteroatoms. The molecule has 1 saturated heterocycles. The normalized spacial score (nSPS) is 19.5. The average Bonchev–Trinajstić information content (AvgIpc) is 3.18. The average molecular weight is 522 g/mol. The van der Waals surface area contributed by atoms with Crippen LogP contribution in [-0.2, 0) is 14.8 Å². The summed E-state index contributed by atoms with van der Waals surface area (Å²) in [6.07, 6.45) is 7.08. The van der Waals surface area contributed by atoms with Crippen molar-refractivity contribution in [3.05, 3.63) is 71.1 Å². The lowest BCUT2D eigenvalue weighted by Gasteiger charge is -2.30. The number of primary sulfonamides is 1. The lowest BCUT2D eigenvalue weighted by atomic mass is 9.94. The van der Waals surface area contributed by atoms with E-state index < -0.39 is 10.0 Å². The second-order valence-corrected chi connectivity index (χ2v) is 11.5. The van der Waals surface area contributed by atoms with Crippen LogP contribution in [0.5, 0.6) is 5.75 Å². The standard InChI is InChI=1S/C27H27N3O4S2/c1-34-24-16-11-18-7-5-6-10-22(18)23(24)17-25-26(31)30(20-8-3-2-4-9-20)27(35-25)29-19-12-14-21(15-13-19)36(28,32)33/h5-7,10-17,20H,2-4,8-9H2,1H3,(H2,28,32,33). The molecule has 1 heterocycles. The molecule has 2 fully saturated rings. The van der Waals surface area contributed by atoms with Crippen LogP contribution in [0.15, 0.2) is 75.5 Å². The minimum atomic E-state index is -3.79. The number of hydrogen-bond acceptors (Lipinski definition) is 6. The van der Waals surface area contributed by atoms with Gasteiger partial charge in [0.1, 0.15) is 5.75 Å². The van der Waals surface area contributed by atoms with Crippen molar-refractivity contribution in [2.45, 2.75) is 43.0 Å². The summed E-state index contributed by atoms with van der Waals surface area (Å²) in [4.78, 5) is 20.9. The van der Waals surface area contributed by atoms with Crippen LogP contribution < -0.4 is 9.88 Å². The molecule has 0 atom stereocenters. The number of aliphatic imine (C=N–C) groups is 1. The topological polar surface area (TPSA) is 102 Å². The van der Waals surface area contributed by atoms with Crippen LogP contribution in [0.25, 0.3) is 16.8 Å². The zero-order valence-corrected chi connectivity index (χ0v) is 21.5. The van der Waals surface area contributed by atoms with Gasteiger partial charge in [0.25, 0.3) is 5.91 Å². The molecule has 7 nitrogen and oxygen atoms in total. The Morgan fingerprint density at radius 2 is 1.75 bits per heavy atom. The number of sulfonamides is 1. The van der Waals surface area contributed by atoms with E-state index in [1.807, 2.05) is 47.4 Å². The first-order valence-electron chi connectivity index (χ1n) is 11.9. The van der Waals surface area contributed by atoms with Crippen molar-refractivity contribution < 1.29 is 17.9 Å². The Morgan fingerprint density at radius 1 is 1.03 bits per heavy atom. The van der Waals surface area contributed by atoms with E-state index in [-0.39, 0.29) is 16.8 Å². The van der Waals surface area contributed by atoms with E-state index in [2.05, 4.69) is 0 Å². The fourth-order valence-electron chi connectivity index (χ4n) is 4.78. The van der Waals surface area contributed by atoms with Crippen LogP contribution in [0.3, 0.4) is 0 Å². The highest BCUT2D eigenvalue weighted by molar-refractivity contribution is 8.18. The van der Waals surface area contributed by atoms with Gasteiger partial charge in [-0.05, 0) is 71.8 Å². The largest absolute Gasteiger partial charge is 0.496 e. The zero-order valence-electron chi connectivity index (χ0n) is 19.9. The van der Waals surface area contributed by atoms with E-state index in [4.69, 9.17) is 14.9 Å². The minimum Gasteiger partial charge on any atom is -0.496 e. The number of amides is 1. The van der Waals surface area contributed by atoms with E-state index in [1.54, 1.807) is 19.2 Å². The molecule has 0 bridgehead atoms. The first-order valence-corrected chi connectivity index (χ1v) is 14.2. The van der Waals surface area contributed by atoms with Crippen molar-refractivity contribution in [3.8, 4) is 5.75 Å². The number of hydrogen-bond donors (Lipinski definition) is 1. The summed E-state index contributed by atoms with van der Waals surface area (Å²) in [6, 6.07) is 18.1. The van der Waals surface area contributed by atoms with Crippen LogP contribution >= 0.6 is 11.8 Å². The van der Waals surface area contributed by atoms with Crippen molar-refractivity contribution in [1.82, 2.24) is 4.90 Å². The molecule has 186 valence electrons. The Kier molecular flexibility index (Phi) is 6.87. The number of methoxy groups -OCH3 is 1. The van der Waals surface area contributed by atoms with Gasteiger partial charge < -0.3 is 4.74 Å². The molecule has 0 unspecified atom stereocenters. The van der Waals surface area contributed by atoms with E-state index >= 15 is 0 Å². The van der Waals surface area contributed by atoms with Crippen molar-refractivity contribution in [2.24, 2.45) is 10.1 Å². The number of amidine groups is 1. The van der Waals surface area contributed by atoms with Crippen LogP contribution in [0.1, 0.15) is 37.7 Å². The molecular formula is C27H27N3O4S2. The molecule has 1 amide bonds. The zero-order chi connectivity index (χ0) is 25.3. The lowest BCUT2D eigenvalue weighted by Crippen LogP contribution is -2.40. The summed E-state index contributed by atoms with van der Waals surface area (Å²) in [6.45, 7) is 0. The van der Waals surface area contributed by atoms with Crippen LogP contribution in [0.4, 0.5) is 5.69 Å². The summed E-state index contributed by atoms with van der Waals surface area (Å²) in [5.74, 6) is 0.629. The number of thioether (sulfide) groups is 1. The second-order valence-electron chi connectivity index (χ2n) is 8.91. The van der Waals surface area contributed by atoms with E-state index in [9.17, 15) is 13.2 Å². The van der Waals surface area contributed by atoms with Gasteiger partial charge in [0.2, 0.25) is 10.0 Å². The number of nitrogens with zero attached hydrogens (tertiary/aromatic N) is 2. The van der Waals surface area contributed by atoms with Gasteiger partial charge >= 0.3 is 0 Å². The van der Waals surface area contributed by atoms with Crippen LogP contribution in [0, 0.1) is 0 Å². The molecule has 3 aromatic carbocycles. The second kappa shape index (κ2) is 10.1. The molecule has 0 spiro atoms. The summed E-state index contributed by atoms with van der Waals surface area (Å²) >= 11 is 1.34. The van der Waals surface area contributed by atoms with Crippen LogP contribution in [-0.4, -0.2) is 37.5 Å². The minimum absolute atomic E-state index is 0.0226. The summed E-state index contributed by atoms with van der Waals surface area (Å²) in [5.41, 5.74) is 1.41. The first kappa shape index (κ1) is 24.5. The third-order valence-corrected chi connectivity index (χ3v) is 8.50. The summed E-state index contributed by atoms with van der Waals surface area (Å²) in [5, 5.41) is 7.89. The predicted molar refractivity (Wildman–Crippen MR) is 145 cm³/mol. The summed E-state index contributed by atoms with van der Waals surface area (Å²) in [7, 11) is -2.16. The number of carbonyl (C=O) groups is 1. The highest BCUT2D eigenvalue weighted by Gasteiger charge is 2.39. The molecule has 2 aliphatic rings. The summed E-state index contributed by atoms with van der Waals surface area (Å²) < 4.78 is 28.9. The number of benzene rings is 3. The molecular weight excluding hydrogens is 494 g/mol. The van der Waals surface area contributed by atoms with Crippen molar-refractivity contribution in [1.29, 1.82) is 0 Å². The molecule has 3 aromatic rings. The van der Waals surface area contributed by atoms with Gasteiger partial charge in [0.05, 0.1) is 22.6 Å². The number of ether oxygens (including phenoxy) is 1. The Balaban J connectivity index is 1.58. The number of fused-ring (bicyclic) bond motifs is 1. The SMILES string of the molecule is COc1ccc2ccccc2c1C=C1SC(=Nc2ccc(S(N)(=O)=O)cc2)N(C2CCCCC2)C1=O. The number of rotatable bonds is 5. The van der Waals surface area contributed by atoms with E-state index in [0.717, 1.165) is 42.0 Å². The maximum absolute atomic E-state index is 13.8. The highest BCUT2D eigenvalue weighted by Crippen LogP contribution is 2.40. The van der Waals surface area contributed by atoms with Gasteiger partial charge in [0, 0.05) is 11.6 Å². The van der Waals surface area contributed by atoms with Crippen molar-refractivity contribution >= 4 is 55.4 Å². The Morgan fingerprint density at radius 3 is 2.44 bits per heavy atom. The van der Waals surface area contributed by atoms with Crippen molar-refractivity contribution in [2.75, 3.05) is 7.11 Å². The van der Waals surface area contributed by atoms with Crippen molar-refractivity contribution in [3.63, 3.8) is 0 Å². The Hall–Kier alpha value is -3.14. The van der Waals surface area contributed by atoms with E-state index in [1.165, 1.54) is 30.3 Å². The fourth-order valence-corrected chi connectivity index (χ4v) is 6.34. The number of carbonyl (C=O) groups excluding carboxylic acids is 1. The Labute approximate surface area is 215 Å². The van der Waals surface area contributed by atoms with Gasteiger partial charge in [-0.1, -0.05) is 49.6 Å². The Bertz CT molecular complexity index is 1470. The fraction of sp³-hybridized carbons (Fsp3) is 0.259. The first-order chi connectivity index (χ1) is 17.3. The molecule has 5 rings (SSSR count). The van der Waals surface area contributed by atoms with Crippen LogP contribution in [0.2, 0.25) is 0 Å². The van der Waals surface area contributed by atoms with E-state index in [0.29, 0.717) is 21.5 Å². The van der Waals surface area contributed by atoms with Gasteiger partial charge in [0.15, 0.2) is 5.17 Å². The number of nitrogens with two attached hydrogens (primary N) is 1. The third kappa shape index (κ3) is 4.91. The van der Waals surface area contributed by atoms with Gasteiger partial charge in [-0.15, -0.1) is 0 Å². The van der Waals surface area contributed by atoms with Gasteiger partial charge in [-0.3, -0.25) is 9.69 Å². The molecule has 0 aromatic heterocycles. The molecule has 1 saturated carbocycles. The molecule has 0 radical (unpaired) electrons. The smallest absolute Gasteiger partial charge is 0.267 e.